The topological polar surface area (TPSA) is 38.8 Å². The molecular weight excluding hydrogens is 414 g/mol. The molecular formula is C21H20ClNO3S2. The van der Waals surface area contributed by atoms with Crippen LogP contribution in [0.1, 0.15) is 17.5 Å². The van der Waals surface area contributed by atoms with Crippen molar-refractivity contribution in [3.05, 3.63) is 63.5 Å². The standard InChI is InChI=1S/C21H20ClNO3S2/c1-14-6-3-4-7-17(14)25-10-5-11-26-18-9-8-16(22)12-15(18)13-19-20(24)23(2)21(27)28-19/h3-4,6-9,12-13H,5,10-11H2,1-2H3/b19-13+. The van der Waals surface area contributed by atoms with Crippen molar-refractivity contribution in [1.29, 1.82) is 0 Å². The first-order valence-corrected chi connectivity index (χ1v) is 10.4. The van der Waals surface area contributed by atoms with Crippen LogP contribution in [0.15, 0.2) is 47.4 Å². The molecule has 0 spiro atoms. The van der Waals surface area contributed by atoms with Gasteiger partial charge in [0.1, 0.15) is 15.8 Å². The van der Waals surface area contributed by atoms with Gasteiger partial charge in [0, 0.05) is 24.1 Å². The number of amides is 1. The van der Waals surface area contributed by atoms with Gasteiger partial charge in [0.25, 0.3) is 5.91 Å². The quantitative estimate of drug-likeness (QED) is 0.335. The number of carbonyl (C=O) groups excluding carboxylic acids is 1. The number of para-hydroxylation sites is 1. The lowest BCUT2D eigenvalue weighted by molar-refractivity contribution is -0.121. The number of thiocarbonyl (C=S) groups is 1. The van der Waals surface area contributed by atoms with E-state index in [1.165, 1.54) is 16.7 Å². The average Bonchev–Trinajstić information content (AvgIpc) is 2.91. The van der Waals surface area contributed by atoms with Crippen LogP contribution >= 0.6 is 35.6 Å². The number of hydrogen-bond donors (Lipinski definition) is 0. The number of halogens is 1. The number of ether oxygens (including phenoxy) is 2. The predicted octanol–water partition coefficient (Wildman–Crippen LogP) is 5.33. The maximum Gasteiger partial charge on any atom is 0.265 e. The van der Waals surface area contributed by atoms with E-state index in [0.29, 0.717) is 33.2 Å². The molecule has 0 N–H and O–H groups in total. The Morgan fingerprint density at radius 2 is 1.86 bits per heavy atom. The van der Waals surface area contributed by atoms with Gasteiger partial charge in [0.05, 0.1) is 18.1 Å². The molecule has 0 atom stereocenters. The summed E-state index contributed by atoms with van der Waals surface area (Å²) in [6, 6.07) is 13.3. The van der Waals surface area contributed by atoms with Crippen LogP contribution < -0.4 is 9.47 Å². The lowest BCUT2D eigenvalue weighted by atomic mass is 10.2. The highest BCUT2D eigenvalue weighted by Crippen LogP contribution is 2.34. The zero-order chi connectivity index (χ0) is 20.1. The van der Waals surface area contributed by atoms with E-state index in [2.05, 4.69) is 0 Å². The number of aryl methyl sites for hydroxylation is 1. The zero-order valence-electron chi connectivity index (χ0n) is 15.6. The van der Waals surface area contributed by atoms with Gasteiger partial charge in [-0.3, -0.25) is 9.69 Å². The second-order valence-electron chi connectivity index (χ2n) is 6.24. The van der Waals surface area contributed by atoms with E-state index in [0.717, 1.165) is 23.3 Å². The Balaban J connectivity index is 1.61. The molecule has 146 valence electrons. The Morgan fingerprint density at radius 1 is 1.14 bits per heavy atom. The highest BCUT2D eigenvalue weighted by atomic mass is 35.5. The number of rotatable bonds is 7. The first-order valence-electron chi connectivity index (χ1n) is 8.78. The SMILES string of the molecule is Cc1ccccc1OCCCOc1ccc(Cl)cc1/C=C1/SC(=S)N(C)C1=O. The molecule has 1 fully saturated rings. The summed E-state index contributed by atoms with van der Waals surface area (Å²) in [5, 5.41) is 0.577. The van der Waals surface area contributed by atoms with Crippen molar-refractivity contribution in [3.63, 3.8) is 0 Å². The minimum atomic E-state index is -0.118. The summed E-state index contributed by atoms with van der Waals surface area (Å²) in [5.74, 6) is 1.44. The highest BCUT2D eigenvalue weighted by molar-refractivity contribution is 8.26. The summed E-state index contributed by atoms with van der Waals surface area (Å²) in [6.45, 7) is 3.07. The van der Waals surface area contributed by atoms with E-state index in [1.54, 1.807) is 25.3 Å². The molecule has 1 saturated heterocycles. The van der Waals surface area contributed by atoms with Crippen LogP contribution in [0.3, 0.4) is 0 Å². The lowest BCUT2D eigenvalue weighted by Gasteiger charge is -2.12. The molecule has 1 heterocycles. The predicted molar refractivity (Wildman–Crippen MR) is 119 cm³/mol. The summed E-state index contributed by atoms with van der Waals surface area (Å²) in [5.41, 5.74) is 1.86. The highest BCUT2D eigenvalue weighted by Gasteiger charge is 2.28. The third-order valence-electron chi connectivity index (χ3n) is 4.14. The summed E-state index contributed by atoms with van der Waals surface area (Å²) in [4.78, 5) is 14.3. The van der Waals surface area contributed by atoms with E-state index >= 15 is 0 Å². The van der Waals surface area contributed by atoms with Gasteiger partial charge < -0.3 is 9.47 Å². The first-order chi connectivity index (χ1) is 13.5. The number of carbonyl (C=O) groups is 1. The Hall–Kier alpha value is -2.02. The molecule has 0 bridgehead atoms. The monoisotopic (exact) mass is 433 g/mol. The number of nitrogens with zero attached hydrogens (tertiary/aromatic N) is 1. The summed E-state index contributed by atoms with van der Waals surface area (Å²) < 4.78 is 12.2. The molecule has 3 rings (SSSR count). The summed E-state index contributed by atoms with van der Waals surface area (Å²) >= 11 is 12.6. The number of hydrogen-bond acceptors (Lipinski definition) is 5. The van der Waals surface area contributed by atoms with Gasteiger partial charge in [-0.15, -0.1) is 0 Å². The van der Waals surface area contributed by atoms with Crippen molar-refractivity contribution < 1.29 is 14.3 Å². The number of thioether (sulfide) groups is 1. The van der Waals surface area contributed by atoms with Gasteiger partial charge in [-0.25, -0.2) is 0 Å². The minimum Gasteiger partial charge on any atom is -0.493 e. The largest absolute Gasteiger partial charge is 0.493 e. The Kier molecular flexibility index (Phi) is 6.99. The third kappa shape index (κ3) is 5.07. The average molecular weight is 434 g/mol. The van der Waals surface area contributed by atoms with Crippen LogP contribution in [0.4, 0.5) is 0 Å². The molecule has 0 unspecified atom stereocenters. The molecule has 1 aliphatic rings. The van der Waals surface area contributed by atoms with Gasteiger partial charge in [-0.2, -0.15) is 0 Å². The van der Waals surface area contributed by atoms with Crippen LogP contribution in [0, 0.1) is 6.92 Å². The van der Waals surface area contributed by atoms with Gasteiger partial charge in [-0.1, -0.05) is 53.8 Å². The van der Waals surface area contributed by atoms with E-state index in [-0.39, 0.29) is 5.91 Å². The molecule has 7 heteroatoms. The van der Waals surface area contributed by atoms with Crippen molar-refractivity contribution in [3.8, 4) is 11.5 Å². The normalized spacial score (nSPS) is 15.4. The van der Waals surface area contributed by atoms with Gasteiger partial charge in [0.2, 0.25) is 0 Å². The number of likely N-dealkylation sites (N-methyl/N-ethyl adjacent to an activating group) is 1. The van der Waals surface area contributed by atoms with Gasteiger partial charge in [0.15, 0.2) is 0 Å². The molecule has 1 amide bonds. The van der Waals surface area contributed by atoms with Crippen LogP contribution in [-0.4, -0.2) is 35.4 Å². The summed E-state index contributed by atoms with van der Waals surface area (Å²) in [7, 11) is 1.67. The Labute approximate surface area is 179 Å². The molecule has 2 aromatic carbocycles. The van der Waals surface area contributed by atoms with Crippen molar-refractivity contribution in [2.75, 3.05) is 20.3 Å². The van der Waals surface area contributed by atoms with Gasteiger partial charge in [-0.05, 0) is 42.8 Å². The Morgan fingerprint density at radius 3 is 2.54 bits per heavy atom. The summed E-state index contributed by atoms with van der Waals surface area (Å²) in [6.07, 6.45) is 2.50. The Bertz CT molecular complexity index is 930. The first kappa shape index (κ1) is 20.7. The molecule has 0 aromatic heterocycles. The second-order valence-corrected chi connectivity index (χ2v) is 8.35. The number of benzene rings is 2. The zero-order valence-corrected chi connectivity index (χ0v) is 18.0. The molecule has 2 aromatic rings. The van der Waals surface area contributed by atoms with Gasteiger partial charge >= 0.3 is 0 Å². The molecule has 0 saturated carbocycles. The fourth-order valence-electron chi connectivity index (χ4n) is 2.59. The van der Waals surface area contributed by atoms with E-state index in [9.17, 15) is 4.79 Å². The van der Waals surface area contributed by atoms with Crippen LogP contribution in [0.25, 0.3) is 6.08 Å². The smallest absolute Gasteiger partial charge is 0.265 e. The van der Waals surface area contributed by atoms with Crippen molar-refractivity contribution >= 4 is 51.9 Å². The van der Waals surface area contributed by atoms with Crippen molar-refractivity contribution in [1.82, 2.24) is 4.90 Å². The molecule has 28 heavy (non-hydrogen) atoms. The lowest BCUT2D eigenvalue weighted by Crippen LogP contribution is -2.22. The third-order valence-corrected chi connectivity index (χ3v) is 5.86. The minimum absolute atomic E-state index is 0.118. The van der Waals surface area contributed by atoms with Crippen LogP contribution in [-0.2, 0) is 4.79 Å². The fraction of sp³-hybridized carbons (Fsp3) is 0.238. The van der Waals surface area contributed by atoms with Crippen LogP contribution in [0.2, 0.25) is 5.02 Å². The van der Waals surface area contributed by atoms with Crippen molar-refractivity contribution in [2.24, 2.45) is 0 Å². The van der Waals surface area contributed by atoms with E-state index in [1.807, 2.05) is 37.3 Å². The maximum atomic E-state index is 12.2. The van der Waals surface area contributed by atoms with Crippen molar-refractivity contribution in [2.45, 2.75) is 13.3 Å². The van der Waals surface area contributed by atoms with Crippen LogP contribution in [0.5, 0.6) is 11.5 Å². The fourth-order valence-corrected chi connectivity index (χ4v) is 3.94. The molecule has 0 aliphatic carbocycles. The van der Waals surface area contributed by atoms with E-state index in [4.69, 9.17) is 33.3 Å². The molecule has 1 aliphatic heterocycles. The molecule has 0 radical (unpaired) electrons. The maximum absolute atomic E-state index is 12.2. The molecule has 4 nitrogen and oxygen atoms in total. The second kappa shape index (κ2) is 9.45. The van der Waals surface area contributed by atoms with E-state index < -0.39 is 0 Å².